The SMILES string of the molecule is CN=C(NCCOCCC(C)C)NC(C)(C)C. The van der Waals surface area contributed by atoms with Crippen LogP contribution in [0.4, 0.5) is 0 Å². The third-order valence-corrected chi connectivity index (χ3v) is 2.10. The monoisotopic (exact) mass is 243 g/mol. The van der Waals surface area contributed by atoms with Crippen LogP contribution < -0.4 is 10.6 Å². The molecule has 0 aromatic carbocycles. The Hall–Kier alpha value is -0.770. The van der Waals surface area contributed by atoms with E-state index < -0.39 is 0 Å². The van der Waals surface area contributed by atoms with Crippen molar-refractivity contribution >= 4 is 5.96 Å². The molecular formula is C13H29N3O. The molecule has 2 N–H and O–H groups in total. The van der Waals surface area contributed by atoms with Crippen LogP contribution in [-0.4, -0.2) is 38.3 Å². The highest BCUT2D eigenvalue weighted by atomic mass is 16.5. The summed E-state index contributed by atoms with van der Waals surface area (Å²) in [4.78, 5) is 4.16. The van der Waals surface area contributed by atoms with E-state index in [4.69, 9.17) is 4.74 Å². The van der Waals surface area contributed by atoms with Crippen LogP contribution in [0.1, 0.15) is 41.0 Å². The van der Waals surface area contributed by atoms with Crippen LogP contribution in [0.5, 0.6) is 0 Å². The first-order chi connectivity index (χ1) is 7.85. The maximum Gasteiger partial charge on any atom is 0.191 e. The van der Waals surface area contributed by atoms with Crippen molar-refractivity contribution in [3.63, 3.8) is 0 Å². The highest BCUT2D eigenvalue weighted by molar-refractivity contribution is 5.80. The minimum atomic E-state index is 0.0281. The number of hydrogen-bond donors (Lipinski definition) is 2. The first-order valence-corrected chi connectivity index (χ1v) is 6.41. The molecule has 0 saturated carbocycles. The molecule has 0 aliphatic carbocycles. The summed E-state index contributed by atoms with van der Waals surface area (Å²) in [5, 5.41) is 6.53. The number of rotatable bonds is 6. The third kappa shape index (κ3) is 11.5. The average Bonchev–Trinajstić information content (AvgIpc) is 2.19. The van der Waals surface area contributed by atoms with Gasteiger partial charge in [-0.1, -0.05) is 13.8 Å². The lowest BCUT2D eigenvalue weighted by Gasteiger charge is -2.23. The van der Waals surface area contributed by atoms with Crippen molar-refractivity contribution in [1.29, 1.82) is 0 Å². The summed E-state index contributed by atoms with van der Waals surface area (Å²) < 4.78 is 5.52. The summed E-state index contributed by atoms with van der Waals surface area (Å²) in [6.45, 7) is 13.1. The Morgan fingerprint density at radius 3 is 2.35 bits per heavy atom. The second-order valence-electron chi connectivity index (χ2n) is 5.67. The van der Waals surface area contributed by atoms with Gasteiger partial charge in [-0.3, -0.25) is 4.99 Å². The smallest absolute Gasteiger partial charge is 0.191 e. The zero-order chi connectivity index (χ0) is 13.3. The van der Waals surface area contributed by atoms with Crippen molar-refractivity contribution in [2.24, 2.45) is 10.9 Å². The molecule has 0 unspecified atom stereocenters. The topological polar surface area (TPSA) is 45.7 Å². The zero-order valence-corrected chi connectivity index (χ0v) is 12.3. The van der Waals surface area contributed by atoms with Gasteiger partial charge in [0.05, 0.1) is 6.61 Å². The van der Waals surface area contributed by atoms with E-state index in [2.05, 4.69) is 50.2 Å². The Labute approximate surface area is 106 Å². The van der Waals surface area contributed by atoms with E-state index in [9.17, 15) is 0 Å². The standard InChI is InChI=1S/C13H29N3O/c1-11(2)7-9-17-10-8-15-12(14-6)16-13(3,4)5/h11H,7-10H2,1-6H3,(H2,14,15,16). The number of guanidine groups is 1. The maximum absolute atomic E-state index is 5.52. The second kappa shape index (κ2) is 8.34. The minimum Gasteiger partial charge on any atom is -0.380 e. The lowest BCUT2D eigenvalue weighted by Crippen LogP contribution is -2.48. The predicted molar refractivity (Wildman–Crippen MR) is 74.5 cm³/mol. The van der Waals surface area contributed by atoms with Crippen LogP contribution in [0.15, 0.2) is 4.99 Å². The van der Waals surface area contributed by atoms with Gasteiger partial charge in [-0.15, -0.1) is 0 Å². The van der Waals surface area contributed by atoms with Gasteiger partial charge < -0.3 is 15.4 Å². The van der Waals surface area contributed by atoms with Crippen LogP contribution in [-0.2, 0) is 4.74 Å². The van der Waals surface area contributed by atoms with E-state index in [1.54, 1.807) is 7.05 Å². The first-order valence-electron chi connectivity index (χ1n) is 6.41. The molecule has 0 bridgehead atoms. The molecule has 102 valence electrons. The molecule has 4 heteroatoms. The summed E-state index contributed by atoms with van der Waals surface area (Å²) in [6, 6.07) is 0. The van der Waals surface area contributed by atoms with Crippen LogP contribution in [0.25, 0.3) is 0 Å². The van der Waals surface area contributed by atoms with Gasteiger partial charge in [-0.05, 0) is 33.1 Å². The highest BCUT2D eigenvalue weighted by Crippen LogP contribution is 1.98. The van der Waals surface area contributed by atoms with Gasteiger partial charge in [0.2, 0.25) is 0 Å². The van der Waals surface area contributed by atoms with Gasteiger partial charge in [-0.25, -0.2) is 0 Å². The Balaban J connectivity index is 3.59. The fourth-order valence-electron chi connectivity index (χ4n) is 1.20. The highest BCUT2D eigenvalue weighted by Gasteiger charge is 2.10. The van der Waals surface area contributed by atoms with Crippen molar-refractivity contribution in [2.45, 2.75) is 46.6 Å². The molecular weight excluding hydrogens is 214 g/mol. The fourth-order valence-corrected chi connectivity index (χ4v) is 1.20. The fraction of sp³-hybridized carbons (Fsp3) is 0.923. The molecule has 0 aliphatic heterocycles. The van der Waals surface area contributed by atoms with Gasteiger partial charge in [0.25, 0.3) is 0 Å². The normalized spacial score (nSPS) is 13.0. The van der Waals surface area contributed by atoms with Gasteiger partial charge in [0, 0.05) is 25.7 Å². The summed E-state index contributed by atoms with van der Waals surface area (Å²) in [5.41, 5.74) is 0.0281. The van der Waals surface area contributed by atoms with Crippen molar-refractivity contribution in [3.8, 4) is 0 Å². The van der Waals surface area contributed by atoms with Crippen molar-refractivity contribution < 1.29 is 4.74 Å². The van der Waals surface area contributed by atoms with Gasteiger partial charge in [0.1, 0.15) is 0 Å². The van der Waals surface area contributed by atoms with Crippen molar-refractivity contribution in [2.75, 3.05) is 26.8 Å². The Kier molecular flexibility index (Phi) is 7.96. The lowest BCUT2D eigenvalue weighted by molar-refractivity contribution is 0.128. The molecule has 0 heterocycles. The minimum absolute atomic E-state index is 0.0281. The third-order valence-electron chi connectivity index (χ3n) is 2.10. The summed E-state index contributed by atoms with van der Waals surface area (Å²) in [6.07, 6.45) is 1.12. The molecule has 0 spiro atoms. The van der Waals surface area contributed by atoms with Gasteiger partial charge in [-0.2, -0.15) is 0 Å². The average molecular weight is 243 g/mol. The van der Waals surface area contributed by atoms with E-state index >= 15 is 0 Å². The molecule has 0 aromatic rings. The molecule has 0 amide bonds. The van der Waals surface area contributed by atoms with Crippen LogP contribution >= 0.6 is 0 Å². The lowest BCUT2D eigenvalue weighted by atomic mass is 10.1. The Morgan fingerprint density at radius 1 is 1.24 bits per heavy atom. The van der Waals surface area contributed by atoms with E-state index in [0.29, 0.717) is 5.92 Å². The number of hydrogen-bond acceptors (Lipinski definition) is 2. The predicted octanol–water partition coefficient (Wildman–Crippen LogP) is 2.01. The van der Waals surface area contributed by atoms with E-state index in [-0.39, 0.29) is 5.54 Å². The van der Waals surface area contributed by atoms with Crippen molar-refractivity contribution in [3.05, 3.63) is 0 Å². The molecule has 0 saturated heterocycles. The Bertz CT molecular complexity index is 219. The molecule has 0 rings (SSSR count). The summed E-state index contributed by atoms with van der Waals surface area (Å²) in [7, 11) is 1.78. The first kappa shape index (κ1) is 16.2. The molecule has 0 atom stereocenters. The van der Waals surface area contributed by atoms with Crippen LogP contribution in [0.2, 0.25) is 0 Å². The van der Waals surface area contributed by atoms with E-state index in [1.165, 1.54) is 0 Å². The van der Waals surface area contributed by atoms with Crippen LogP contribution in [0, 0.1) is 5.92 Å². The van der Waals surface area contributed by atoms with Crippen molar-refractivity contribution in [1.82, 2.24) is 10.6 Å². The quantitative estimate of drug-likeness (QED) is 0.426. The number of aliphatic imine (C=N–C) groups is 1. The molecule has 0 radical (unpaired) electrons. The molecule has 0 aromatic heterocycles. The molecule has 0 aliphatic rings. The molecule has 0 fully saturated rings. The zero-order valence-electron chi connectivity index (χ0n) is 12.3. The number of ether oxygens (including phenoxy) is 1. The summed E-state index contributed by atoms with van der Waals surface area (Å²) >= 11 is 0. The van der Waals surface area contributed by atoms with Gasteiger partial charge in [0.15, 0.2) is 5.96 Å². The Morgan fingerprint density at radius 2 is 1.88 bits per heavy atom. The summed E-state index contributed by atoms with van der Waals surface area (Å²) in [5.74, 6) is 1.53. The van der Waals surface area contributed by atoms with E-state index in [0.717, 1.165) is 32.1 Å². The largest absolute Gasteiger partial charge is 0.380 e. The molecule has 4 nitrogen and oxygen atoms in total. The second-order valence-corrected chi connectivity index (χ2v) is 5.67. The van der Waals surface area contributed by atoms with Crippen LogP contribution in [0.3, 0.4) is 0 Å². The molecule has 17 heavy (non-hydrogen) atoms. The number of nitrogens with zero attached hydrogens (tertiary/aromatic N) is 1. The van der Waals surface area contributed by atoms with E-state index in [1.807, 2.05) is 0 Å². The number of nitrogens with one attached hydrogen (secondary N) is 2. The maximum atomic E-state index is 5.52. The van der Waals surface area contributed by atoms with Gasteiger partial charge >= 0.3 is 0 Å².